The second kappa shape index (κ2) is 9.12. The van der Waals surface area contributed by atoms with Crippen molar-refractivity contribution < 1.29 is 14.2 Å². The Morgan fingerprint density at radius 1 is 0.955 bits per heavy atom. The first kappa shape index (κ1) is 18.1. The van der Waals surface area contributed by atoms with Crippen molar-refractivity contribution in [2.45, 2.75) is 13.1 Å². The van der Waals surface area contributed by atoms with Gasteiger partial charge in [0.2, 0.25) is 0 Å². The maximum absolute atomic E-state index is 5.40. The van der Waals surface area contributed by atoms with Crippen LogP contribution in [0.1, 0.15) is 11.1 Å². The fourth-order valence-electron chi connectivity index (χ4n) is 2.07. The number of halogens is 1. The van der Waals surface area contributed by atoms with Crippen molar-refractivity contribution in [2.24, 2.45) is 0 Å². The van der Waals surface area contributed by atoms with Crippen LogP contribution in [0, 0.1) is 0 Å². The third-order valence-corrected chi connectivity index (χ3v) is 3.15. The molecule has 22 heavy (non-hydrogen) atoms. The van der Waals surface area contributed by atoms with E-state index in [0.717, 1.165) is 23.4 Å². The number of rotatable bonds is 7. The lowest BCUT2D eigenvalue weighted by Gasteiger charge is -2.14. The lowest BCUT2D eigenvalue weighted by Crippen LogP contribution is -2.13. The van der Waals surface area contributed by atoms with Crippen molar-refractivity contribution in [1.29, 1.82) is 0 Å². The van der Waals surface area contributed by atoms with E-state index in [1.807, 2.05) is 30.5 Å². The molecular weight excluding hydrogens is 304 g/mol. The average molecular weight is 325 g/mol. The Morgan fingerprint density at radius 2 is 1.64 bits per heavy atom. The van der Waals surface area contributed by atoms with E-state index in [2.05, 4.69) is 10.3 Å². The summed E-state index contributed by atoms with van der Waals surface area (Å²) in [6.45, 7) is 1.41. The molecule has 0 bridgehead atoms. The molecule has 1 aromatic heterocycles. The standard InChI is InChI=1S/C16H20N2O3.ClH/c1-19-14-8-16(21-3)15(20-2)7-13(14)11-18-10-12-5-4-6-17-9-12;/h4-9,18H,10-11H2,1-3H3;1H. The van der Waals surface area contributed by atoms with Gasteiger partial charge in [0.25, 0.3) is 0 Å². The molecule has 2 rings (SSSR count). The van der Waals surface area contributed by atoms with Crippen LogP contribution in [0.3, 0.4) is 0 Å². The molecule has 1 aromatic carbocycles. The summed E-state index contributed by atoms with van der Waals surface area (Å²) in [6, 6.07) is 7.72. The van der Waals surface area contributed by atoms with Crippen molar-refractivity contribution in [3.8, 4) is 17.2 Å². The van der Waals surface area contributed by atoms with Gasteiger partial charge in [0, 0.05) is 37.1 Å². The van der Waals surface area contributed by atoms with Crippen molar-refractivity contribution >= 4 is 12.4 Å². The van der Waals surface area contributed by atoms with Gasteiger partial charge in [0.1, 0.15) is 5.75 Å². The summed E-state index contributed by atoms with van der Waals surface area (Å²) < 4.78 is 16.0. The van der Waals surface area contributed by atoms with Gasteiger partial charge in [-0.15, -0.1) is 12.4 Å². The van der Waals surface area contributed by atoms with Gasteiger partial charge < -0.3 is 19.5 Å². The van der Waals surface area contributed by atoms with Gasteiger partial charge in [-0.3, -0.25) is 4.98 Å². The Hall–Kier alpha value is -1.98. The molecule has 5 nitrogen and oxygen atoms in total. The van der Waals surface area contributed by atoms with Crippen LogP contribution in [0.15, 0.2) is 36.7 Å². The molecule has 6 heteroatoms. The quantitative estimate of drug-likeness (QED) is 0.848. The molecule has 1 heterocycles. The molecule has 1 N–H and O–H groups in total. The van der Waals surface area contributed by atoms with Crippen LogP contribution in [0.4, 0.5) is 0 Å². The average Bonchev–Trinajstić information content (AvgIpc) is 2.55. The summed E-state index contributed by atoms with van der Waals surface area (Å²) in [5, 5.41) is 3.37. The Morgan fingerprint density at radius 3 is 2.23 bits per heavy atom. The largest absolute Gasteiger partial charge is 0.496 e. The maximum atomic E-state index is 5.40. The Bertz CT molecular complexity index is 579. The van der Waals surface area contributed by atoms with Crippen molar-refractivity contribution in [3.05, 3.63) is 47.8 Å². The van der Waals surface area contributed by atoms with Crippen LogP contribution >= 0.6 is 12.4 Å². The molecule has 0 saturated heterocycles. The van der Waals surface area contributed by atoms with Gasteiger partial charge in [-0.1, -0.05) is 6.07 Å². The summed E-state index contributed by atoms with van der Waals surface area (Å²) in [5.74, 6) is 2.12. The molecule has 0 fully saturated rings. The first-order chi connectivity index (χ1) is 10.3. The first-order valence-electron chi connectivity index (χ1n) is 6.67. The van der Waals surface area contributed by atoms with Crippen molar-refractivity contribution in [3.63, 3.8) is 0 Å². The van der Waals surface area contributed by atoms with Gasteiger partial charge in [-0.2, -0.15) is 0 Å². The third kappa shape index (κ3) is 4.51. The normalized spacial score (nSPS) is 9.77. The van der Waals surface area contributed by atoms with Crippen molar-refractivity contribution in [1.82, 2.24) is 10.3 Å². The van der Waals surface area contributed by atoms with E-state index in [4.69, 9.17) is 14.2 Å². The van der Waals surface area contributed by atoms with Crippen LogP contribution in [0.5, 0.6) is 17.2 Å². The zero-order valence-electron chi connectivity index (χ0n) is 13.0. The van der Waals surface area contributed by atoms with E-state index in [1.54, 1.807) is 27.5 Å². The Kier molecular flexibility index (Phi) is 7.49. The zero-order valence-corrected chi connectivity index (χ0v) is 13.8. The fraction of sp³-hybridized carbons (Fsp3) is 0.312. The molecule has 0 amide bonds. The summed E-state index contributed by atoms with van der Waals surface area (Å²) in [6.07, 6.45) is 3.61. The minimum Gasteiger partial charge on any atom is -0.496 e. The summed E-state index contributed by atoms with van der Waals surface area (Å²) >= 11 is 0. The molecule has 0 atom stereocenters. The number of pyridine rings is 1. The highest BCUT2D eigenvalue weighted by molar-refractivity contribution is 5.85. The number of hydrogen-bond donors (Lipinski definition) is 1. The summed E-state index contributed by atoms with van der Waals surface area (Å²) in [5.41, 5.74) is 2.15. The molecule has 0 saturated carbocycles. The van der Waals surface area contributed by atoms with E-state index in [9.17, 15) is 0 Å². The number of hydrogen-bond acceptors (Lipinski definition) is 5. The lowest BCUT2D eigenvalue weighted by molar-refractivity contribution is 0.347. The first-order valence-corrected chi connectivity index (χ1v) is 6.67. The van der Waals surface area contributed by atoms with E-state index in [-0.39, 0.29) is 12.4 Å². The molecule has 0 aliphatic carbocycles. The Labute approximate surface area is 137 Å². The molecule has 2 aromatic rings. The fourth-order valence-corrected chi connectivity index (χ4v) is 2.07. The van der Waals surface area contributed by atoms with Crippen LogP contribution in [0.25, 0.3) is 0 Å². The number of methoxy groups -OCH3 is 3. The van der Waals surface area contributed by atoms with Gasteiger partial charge in [0.05, 0.1) is 21.3 Å². The highest BCUT2D eigenvalue weighted by Crippen LogP contribution is 2.34. The van der Waals surface area contributed by atoms with Crippen LogP contribution < -0.4 is 19.5 Å². The molecule has 0 radical (unpaired) electrons. The van der Waals surface area contributed by atoms with Gasteiger partial charge >= 0.3 is 0 Å². The predicted octanol–water partition coefficient (Wildman–Crippen LogP) is 2.82. The summed E-state index contributed by atoms with van der Waals surface area (Å²) in [4.78, 5) is 4.09. The minimum atomic E-state index is 0. The van der Waals surface area contributed by atoms with Crippen LogP contribution in [-0.2, 0) is 13.1 Å². The Balaban J connectivity index is 0.00000242. The highest BCUT2D eigenvalue weighted by atomic mass is 35.5. The topological polar surface area (TPSA) is 52.6 Å². The predicted molar refractivity (Wildman–Crippen MR) is 88.1 cm³/mol. The highest BCUT2D eigenvalue weighted by Gasteiger charge is 2.11. The molecule has 0 aliphatic heterocycles. The number of benzene rings is 1. The molecule has 0 unspecified atom stereocenters. The minimum absolute atomic E-state index is 0. The summed E-state index contributed by atoms with van der Waals surface area (Å²) in [7, 11) is 4.88. The number of nitrogens with zero attached hydrogens (tertiary/aromatic N) is 1. The molecule has 0 spiro atoms. The van der Waals surface area contributed by atoms with Gasteiger partial charge in [-0.25, -0.2) is 0 Å². The number of nitrogens with one attached hydrogen (secondary N) is 1. The monoisotopic (exact) mass is 324 g/mol. The number of aromatic nitrogens is 1. The SMILES string of the molecule is COc1cc(OC)c(OC)cc1CNCc1cccnc1.Cl. The maximum Gasteiger partial charge on any atom is 0.164 e. The van der Waals surface area contributed by atoms with E-state index in [1.165, 1.54) is 0 Å². The second-order valence-electron chi connectivity index (χ2n) is 4.48. The second-order valence-corrected chi connectivity index (χ2v) is 4.48. The smallest absolute Gasteiger partial charge is 0.164 e. The van der Waals surface area contributed by atoms with Crippen molar-refractivity contribution in [2.75, 3.05) is 21.3 Å². The van der Waals surface area contributed by atoms with E-state index in [0.29, 0.717) is 18.0 Å². The third-order valence-electron chi connectivity index (χ3n) is 3.15. The van der Waals surface area contributed by atoms with Crippen LogP contribution in [-0.4, -0.2) is 26.3 Å². The molecule has 0 aliphatic rings. The van der Waals surface area contributed by atoms with Gasteiger partial charge in [-0.05, 0) is 17.7 Å². The molecular formula is C16H21ClN2O3. The molecule has 120 valence electrons. The van der Waals surface area contributed by atoms with E-state index < -0.39 is 0 Å². The van der Waals surface area contributed by atoms with E-state index >= 15 is 0 Å². The number of ether oxygens (including phenoxy) is 3. The van der Waals surface area contributed by atoms with Gasteiger partial charge in [0.15, 0.2) is 11.5 Å². The zero-order chi connectivity index (χ0) is 15.1. The van der Waals surface area contributed by atoms with Crippen LogP contribution in [0.2, 0.25) is 0 Å². The lowest BCUT2D eigenvalue weighted by atomic mass is 10.1.